The van der Waals surface area contributed by atoms with Crippen LogP contribution >= 0.6 is 0 Å². The van der Waals surface area contributed by atoms with Gasteiger partial charge in [-0.1, -0.05) is 36.4 Å². The number of benzene rings is 3. The van der Waals surface area contributed by atoms with E-state index in [0.717, 1.165) is 11.1 Å². The van der Waals surface area contributed by atoms with Crippen LogP contribution < -0.4 is 4.74 Å². The molecule has 0 aromatic heterocycles. The number of halogens is 1. The molecule has 0 saturated carbocycles. The molecule has 0 saturated heterocycles. The molecule has 0 aliphatic heterocycles. The first-order chi connectivity index (χ1) is 14.6. The lowest BCUT2D eigenvalue weighted by Crippen LogP contribution is -2.28. The fourth-order valence-corrected chi connectivity index (χ4v) is 2.99. The minimum Gasteiger partial charge on any atom is -0.497 e. The van der Waals surface area contributed by atoms with Gasteiger partial charge < -0.3 is 9.64 Å². The van der Waals surface area contributed by atoms with Gasteiger partial charge in [0.05, 0.1) is 18.7 Å². The van der Waals surface area contributed by atoms with Gasteiger partial charge in [-0.3, -0.25) is 4.79 Å². The van der Waals surface area contributed by atoms with Crippen molar-refractivity contribution in [1.29, 1.82) is 5.26 Å². The molecule has 0 bridgehead atoms. The number of nitriles is 1. The van der Waals surface area contributed by atoms with Gasteiger partial charge in [-0.15, -0.1) is 0 Å². The van der Waals surface area contributed by atoms with Crippen LogP contribution in [0.1, 0.15) is 22.3 Å². The van der Waals surface area contributed by atoms with E-state index in [-0.39, 0.29) is 18.3 Å². The Morgan fingerprint density at radius 3 is 2.47 bits per heavy atom. The normalized spacial score (nSPS) is 10.6. The Morgan fingerprint density at radius 2 is 1.77 bits per heavy atom. The van der Waals surface area contributed by atoms with Gasteiger partial charge in [-0.05, 0) is 59.2 Å². The molecule has 150 valence electrons. The van der Waals surface area contributed by atoms with Gasteiger partial charge in [0.2, 0.25) is 5.91 Å². The summed E-state index contributed by atoms with van der Waals surface area (Å²) in [4.78, 5) is 14.6. The highest BCUT2D eigenvalue weighted by Gasteiger charge is 2.13. The Bertz CT molecular complexity index is 1080. The van der Waals surface area contributed by atoms with Crippen molar-refractivity contribution in [2.75, 3.05) is 7.11 Å². The number of rotatable bonds is 7. The van der Waals surface area contributed by atoms with Gasteiger partial charge >= 0.3 is 0 Å². The highest BCUT2D eigenvalue weighted by Crippen LogP contribution is 2.16. The van der Waals surface area contributed by atoms with Gasteiger partial charge in [0.25, 0.3) is 0 Å². The summed E-state index contributed by atoms with van der Waals surface area (Å²) in [5, 5.41) is 8.97. The Morgan fingerprint density at radius 1 is 1.03 bits per heavy atom. The van der Waals surface area contributed by atoms with Crippen LogP contribution in [0.4, 0.5) is 4.39 Å². The van der Waals surface area contributed by atoms with Gasteiger partial charge in [0, 0.05) is 19.2 Å². The summed E-state index contributed by atoms with van der Waals surface area (Å²) in [5.41, 5.74) is 2.98. The maximum atomic E-state index is 13.6. The first-order valence-corrected chi connectivity index (χ1v) is 9.42. The van der Waals surface area contributed by atoms with Crippen molar-refractivity contribution in [2.24, 2.45) is 0 Å². The minimum atomic E-state index is -0.342. The molecule has 4 nitrogen and oxygen atoms in total. The van der Waals surface area contributed by atoms with Crippen molar-refractivity contribution in [1.82, 2.24) is 4.90 Å². The van der Waals surface area contributed by atoms with Crippen LogP contribution in [0.3, 0.4) is 0 Å². The average Bonchev–Trinajstić information content (AvgIpc) is 2.77. The lowest BCUT2D eigenvalue weighted by atomic mass is 10.1. The van der Waals surface area contributed by atoms with E-state index in [0.29, 0.717) is 23.4 Å². The number of nitrogens with zero attached hydrogens (tertiary/aromatic N) is 2. The summed E-state index contributed by atoms with van der Waals surface area (Å²) in [6.07, 6.45) is 3.22. The number of hydrogen-bond donors (Lipinski definition) is 0. The Balaban J connectivity index is 1.81. The van der Waals surface area contributed by atoms with Crippen molar-refractivity contribution in [3.05, 3.63) is 107 Å². The topological polar surface area (TPSA) is 53.3 Å². The van der Waals surface area contributed by atoms with Crippen LogP contribution in [-0.4, -0.2) is 17.9 Å². The van der Waals surface area contributed by atoms with E-state index in [1.54, 1.807) is 42.4 Å². The number of methoxy groups -OCH3 is 1. The quantitative estimate of drug-likeness (QED) is 0.528. The van der Waals surface area contributed by atoms with Crippen molar-refractivity contribution in [3.8, 4) is 11.8 Å². The fourth-order valence-electron chi connectivity index (χ4n) is 2.99. The summed E-state index contributed by atoms with van der Waals surface area (Å²) in [5.74, 6) is 0.162. The molecule has 30 heavy (non-hydrogen) atoms. The third kappa shape index (κ3) is 5.79. The number of hydrogen-bond acceptors (Lipinski definition) is 3. The molecule has 0 spiro atoms. The molecule has 5 heteroatoms. The van der Waals surface area contributed by atoms with Crippen molar-refractivity contribution in [2.45, 2.75) is 13.1 Å². The van der Waals surface area contributed by atoms with E-state index < -0.39 is 0 Å². The number of carbonyl (C=O) groups is 1. The van der Waals surface area contributed by atoms with Crippen LogP contribution in [0.15, 0.2) is 78.9 Å². The average molecular weight is 400 g/mol. The van der Waals surface area contributed by atoms with Crippen LogP contribution in [0.5, 0.6) is 5.75 Å². The van der Waals surface area contributed by atoms with Gasteiger partial charge in [-0.2, -0.15) is 5.26 Å². The summed E-state index contributed by atoms with van der Waals surface area (Å²) in [6, 6.07) is 22.7. The summed E-state index contributed by atoms with van der Waals surface area (Å²) >= 11 is 0. The van der Waals surface area contributed by atoms with Crippen molar-refractivity contribution < 1.29 is 13.9 Å². The van der Waals surface area contributed by atoms with Gasteiger partial charge in [0.1, 0.15) is 11.6 Å². The Kier molecular flexibility index (Phi) is 6.96. The van der Waals surface area contributed by atoms with E-state index in [9.17, 15) is 9.18 Å². The third-order valence-electron chi connectivity index (χ3n) is 4.54. The van der Waals surface area contributed by atoms with Crippen LogP contribution in [0.25, 0.3) is 6.08 Å². The Hall–Kier alpha value is -3.91. The molecule has 0 unspecified atom stereocenters. The van der Waals surface area contributed by atoms with E-state index >= 15 is 0 Å². The van der Waals surface area contributed by atoms with E-state index in [1.165, 1.54) is 18.2 Å². The predicted molar refractivity (Wildman–Crippen MR) is 114 cm³/mol. The molecule has 0 aliphatic rings. The summed E-state index contributed by atoms with van der Waals surface area (Å²) in [6.45, 7) is 0.600. The van der Waals surface area contributed by atoms with Crippen molar-refractivity contribution >= 4 is 12.0 Å². The zero-order valence-electron chi connectivity index (χ0n) is 16.6. The molecule has 0 radical (unpaired) electrons. The first kappa shape index (κ1) is 20.8. The van der Waals surface area contributed by atoms with E-state index in [2.05, 4.69) is 6.07 Å². The molecule has 0 N–H and O–H groups in total. The van der Waals surface area contributed by atoms with E-state index in [4.69, 9.17) is 10.00 Å². The molecule has 0 aliphatic carbocycles. The first-order valence-electron chi connectivity index (χ1n) is 9.42. The molecule has 0 fully saturated rings. The highest BCUT2D eigenvalue weighted by atomic mass is 19.1. The lowest BCUT2D eigenvalue weighted by molar-refractivity contribution is -0.127. The zero-order chi connectivity index (χ0) is 21.3. The minimum absolute atomic E-state index is 0.202. The maximum Gasteiger partial charge on any atom is 0.247 e. The standard InChI is InChI=1S/C25H21FN2O2/c1-30-24-7-3-4-19(15-24)12-13-25(29)28(18-22-5-2-6-23(26)14-22)17-21-10-8-20(16-27)9-11-21/h2-15H,17-18H2,1H3/b13-12-. The zero-order valence-corrected chi connectivity index (χ0v) is 16.6. The maximum absolute atomic E-state index is 13.6. The monoisotopic (exact) mass is 400 g/mol. The number of amides is 1. The summed E-state index contributed by atoms with van der Waals surface area (Å²) in [7, 11) is 1.59. The molecular formula is C25H21FN2O2. The van der Waals surface area contributed by atoms with Crippen LogP contribution in [0, 0.1) is 17.1 Å². The SMILES string of the molecule is COc1cccc(/C=C\C(=O)N(Cc2ccc(C#N)cc2)Cc2cccc(F)c2)c1. The molecule has 0 atom stereocenters. The van der Waals surface area contributed by atoms with Crippen molar-refractivity contribution in [3.63, 3.8) is 0 Å². The van der Waals surface area contributed by atoms with E-state index in [1.807, 2.05) is 36.4 Å². The highest BCUT2D eigenvalue weighted by molar-refractivity contribution is 5.91. The second-order valence-corrected chi connectivity index (χ2v) is 6.74. The fraction of sp³-hybridized carbons (Fsp3) is 0.120. The number of ether oxygens (including phenoxy) is 1. The second-order valence-electron chi connectivity index (χ2n) is 6.74. The molecule has 3 aromatic rings. The molecule has 0 heterocycles. The Labute approximate surface area is 175 Å². The molecule has 1 amide bonds. The van der Waals surface area contributed by atoms with Gasteiger partial charge in [0.15, 0.2) is 0 Å². The molecular weight excluding hydrogens is 379 g/mol. The molecule has 3 aromatic carbocycles. The second kappa shape index (κ2) is 10.0. The lowest BCUT2D eigenvalue weighted by Gasteiger charge is -2.22. The third-order valence-corrected chi connectivity index (χ3v) is 4.54. The smallest absolute Gasteiger partial charge is 0.247 e. The van der Waals surface area contributed by atoms with Gasteiger partial charge in [-0.25, -0.2) is 4.39 Å². The van der Waals surface area contributed by atoms with Crippen LogP contribution in [0.2, 0.25) is 0 Å². The molecule has 3 rings (SSSR count). The predicted octanol–water partition coefficient (Wildman–Crippen LogP) is 4.95. The summed E-state index contributed by atoms with van der Waals surface area (Å²) < 4.78 is 18.8. The largest absolute Gasteiger partial charge is 0.497 e. The number of carbonyl (C=O) groups excluding carboxylic acids is 1. The van der Waals surface area contributed by atoms with Crippen LogP contribution in [-0.2, 0) is 17.9 Å².